The molecule has 0 amide bonds. The Balaban J connectivity index is 2.40. The van der Waals surface area contributed by atoms with Gasteiger partial charge in [-0.25, -0.2) is 8.42 Å². The second kappa shape index (κ2) is 5.61. The molecule has 1 fully saturated rings. The summed E-state index contributed by atoms with van der Waals surface area (Å²) in [4.78, 5) is 10.2. The van der Waals surface area contributed by atoms with Gasteiger partial charge in [0.05, 0.1) is 9.82 Å². The minimum Gasteiger partial charge on any atom is -0.393 e. The topological polar surface area (TPSA) is 107 Å². The smallest absolute Gasteiger partial charge is 0.293 e. The quantitative estimate of drug-likeness (QED) is 0.521. The summed E-state index contributed by atoms with van der Waals surface area (Å²) in [5.74, 6) is 0.479. The van der Waals surface area contributed by atoms with Crippen LogP contribution in [0.15, 0.2) is 23.1 Å². The molecule has 0 radical (unpaired) electrons. The van der Waals surface area contributed by atoms with E-state index in [2.05, 4.69) is 6.92 Å². The highest BCUT2D eigenvalue weighted by Gasteiger charge is 2.34. The highest BCUT2D eigenvalue weighted by Crippen LogP contribution is 2.31. The van der Waals surface area contributed by atoms with Crippen molar-refractivity contribution < 1.29 is 13.3 Å². The summed E-state index contributed by atoms with van der Waals surface area (Å²) in [5, 5.41) is 10.9. The Morgan fingerprint density at radius 1 is 1.38 bits per heavy atom. The zero-order valence-corrected chi connectivity index (χ0v) is 12.8. The lowest BCUT2D eigenvalue weighted by molar-refractivity contribution is -0.384. The average molecular weight is 313 g/mol. The number of sulfonamides is 1. The van der Waals surface area contributed by atoms with Gasteiger partial charge in [-0.2, -0.15) is 4.31 Å². The SMILES string of the molecule is CC1CCN(S(=O)(=O)c2ccc(N)c([N+](=O)[O-])c2)C(C)C1. The number of nitrogen functional groups attached to an aromatic ring is 1. The molecule has 8 heteroatoms. The number of rotatable bonds is 3. The van der Waals surface area contributed by atoms with E-state index >= 15 is 0 Å². The van der Waals surface area contributed by atoms with Crippen LogP contribution in [-0.4, -0.2) is 30.2 Å². The number of anilines is 1. The molecule has 0 aromatic heterocycles. The summed E-state index contributed by atoms with van der Waals surface area (Å²) < 4.78 is 26.7. The molecule has 1 aromatic carbocycles. The van der Waals surface area contributed by atoms with Crippen LogP contribution >= 0.6 is 0 Å². The summed E-state index contributed by atoms with van der Waals surface area (Å²) in [7, 11) is -3.73. The van der Waals surface area contributed by atoms with Crippen LogP contribution in [0.3, 0.4) is 0 Å². The van der Waals surface area contributed by atoms with Gasteiger partial charge in [0, 0.05) is 18.7 Å². The molecule has 7 nitrogen and oxygen atoms in total. The summed E-state index contributed by atoms with van der Waals surface area (Å²) >= 11 is 0. The molecule has 2 N–H and O–H groups in total. The maximum absolute atomic E-state index is 12.7. The number of nitro benzene ring substituents is 1. The summed E-state index contributed by atoms with van der Waals surface area (Å²) in [5.41, 5.74) is 5.08. The van der Waals surface area contributed by atoms with E-state index in [-0.39, 0.29) is 22.3 Å². The van der Waals surface area contributed by atoms with E-state index in [0.717, 1.165) is 18.9 Å². The molecule has 1 saturated heterocycles. The summed E-state index contributed by atoms with van der Waals surface area (Å²) in [6.07, 6.45) is 1.58. The zero-order chi connectivity index (χ0) is 15.8. The number of nitrogens with zero attached hydrogens (tertiary/aromatic N) is 2. The highest BCUT2D eigenvalue weighted by atomic mass is 32.2. The first-order valence-corrected chi connectivity index (χ1v) is 8.23. The van der Waals surface area contributed by atoms with Crippen LogP contribution in [0.4, 0.5) is 11.4 Å². The van der Waals surface area contributed by atoms with Gasteiger partial charge in [-0.05, 0) is 37.8 Å². The number of nitrogens with two attached hydrogens (primary N) is 1. The second-order valence-electron chi connectivity index (χ2n) is 5.57. The minimum absolute atomic E-state index is 0.0423. The fourth-order valence-corrected chi connectivity index (χ4v) is 4.40. The third kappa shape index (κ3) is 3.01. The van der Waals surface area contributed by atoms with E-state index in [1.807, 2.05) is 6.92 Å². The molecular formula is C13H19N3O4S. The molecule has 0 aliphatic carbocycles. The third-order valence-electron chi connectivity index (χ3n) is 3.88. The van der Waals surface area contributed by atoms with E-state index in [9.17, 15) is 18.5 Å². The van der Waals surface area contributed by atoms with Gasteiger partial charge in [-0.3, -0.25) is 10.1 Å². The Bertz CT molecular complexity index is 659. The molecule has 0 bridgehead atoms. The van der Waals surface area contributed by atoms with Gasteiger partial charge in [-0.1, -0.05) is 6.92 Å². The molecule has 116 valence electrons. The molecule has 1 aromatic rings. The Labute approximate surface area is 123 Å². The van der Waals surface area contributed by atoms with Gasteiger partial charge in [-0.15, -0.1) is 0 Å². The number of piperidine rings is 1. The van der Waals surface area contributed by atoms with Crippen molar-refractivity contribution >= 4 is 21.4 Å². The largest absolute Gasteiger partial charge is 0.393 e. The van der Waals surface area contributed by atoms with Gasteiger partial charge < -0.3 is 5.73 Å². The monoisotopic (exact) mass is 313 g/mol. The second-order valence-corrected chi connectivity index (χ2v) is 7.46. The van der Waals surface area contributed by atoms with Crippen molar-refractivity contribution in [2.75, 3.05) is 12.3 Å². The van der Waals surface area contributed by atoms with Crippen LogP contribution in [0.5, 0.6) is 0 Å². The molecule has 21 heavy (non-hydrogen) atoms. The molecule has 1 aliphatic rings. The predicted octanol–water partition coefficient (Wildman–Crippen LogP) is 1.99. The normalized spacial score (nSPS) is 23.9. The predicted molar refractivity (Wildman–Crippen MR) is 79.3 cm³/mol. The van der Waals surface area contributed by atoms with Crippen molar-refractivity contribution in [2.24, 2.45) is 5.92 Å². The van der Waals surface area contributed by atoms with Crippen LogP contribution in [0.2, 0.25) is 0 Å². The summed E-state index contributed by atoms with van der Waals surface area (Å²) in [6, 6.07) is 3.51. The molecule has 1 heterocycles. The minimum atomic E-state index is -3.73. The van der Waals surface area contributed by atoms with Crippen molar-refractivity contribution in [3.8, 4) is 0 Å². The Morgan fingerprint density at radius 3 is 2.62 bits per heavy atom. The van der Waals surface area contributed by atoms with Crippen LogP contribution in [0.1, 0.15) is 26.7 Å². The van der Waals surface area contributed by atoms with Crippen LogP contribution in [0.25, 0.3) is 0 Å². The summed E-state index contributed by atoms with van der Waals surface area (Å²) in [6.45, 7) is 4.39. The Hall–Kier alpha value is -1.67. The molecule has 2 unspecified atom stereocenters. The molecule has 2 atom stereocenters. The standard InChI is InChI=1S/C13H19N3O4S/c1-9-5-6-15(10(2)7-9)21(19,20)11-3-4-12(14)13(8-11)16(17)18/h3-4,8-10H,5-7,14H2,1-2H3. The molecule has 0 spiro atoms. The first-order chi connectivity index (χ1) is 9.73. The van der Waals surface area contributed by atoms with Gasteiger partial charge in [0.2, 0.25) is 10.0 Å². The van der Waals surface area contributed by atoms with E-state index in [1.165, 1.54) is 16.4 Å². The maximum Gasteiger partial charge on any atom is 0.293 e. The number of nitro groups is 1. The zero-order valence-electron chi connectivity index (χ0n) is 12.0. The van der Waals surface area contributed by atoms with Gasteiger partial charge in [0.25, 0.3) is 5.69 Å². The van der Waals surface area contributed by atoms with Gasteiger partial charge in [0.1, 0.15) is 5.69 Å². The lowest BCUT2D eigenvalue weighted by atomic mass is 9.95. The molecule has 2 rings (SSSR count). The van der Waals surface area contributed by atoms with Crippen LogP contribution < -0.4 is 5.73 Å². The lowest BCUT2D eigenvalue weighted by Crippen LogP contribution is -2.44. The Kier molecular flexibility index (Phi) is 4.20. The molecule has 1 aliphatic heterocycles. The van der Waals surface area contributed by atoms with Crippen LogP contribution in [-0.2, 0) is 10.0 Å². The van der Waals surface area contributed by atoms with Crippen molar-refractivity contribution in [1.82, 2.24) is 4.31 Å². The number of hydrogen-bond donors (Lipinski definition) is 1. The fraction of sp³-hybridized carbons (Fsp3) is 0.538. The van der Waals surface area contributed by atoms with E-state index in [0.29, 0.717) is 12.5 Å². The van der Waals surface area contributed by atoms with E-state index < -0.39 is 14.9 Å². The number of benzene rings is 1. The van der Waals surface area contributed by atoms with Gasteiger partial charge >= 0.3 is 0 Å². The van der Waals surface area contributed by atoms with Crippen LogP contribution in [0, 0.1) is 16.0 Å². The molecule has 0 saturated carbocycles. The average Bonchev–Trinajstić information content (AvgIpc) is 2.38. The highest BCUT2D eigenvalue weighted by molar-refractivity contribution is 7.89. The van der Waals surface area contributed by atoms with E-state index in [1.54, 1.807) is 0 Å². The lowest BCUT2D eigenvalue weighted by Gasteiger charge is -2.35. The van der Waals surface area contributed by atoms with Crippen molar-refractivity contribution in [2.45, 2.75) is 37.6 Å². The van der Waals surface area contributed by atoms with Gasteiger partial charge in [0.15, 0.2) is 0 Å². The fourth-order valence-electron chi connectivity index (χ4n) is 2.72. The Morgan fingerprint density at radius 2 is 2.05 bits per heavy atom. The third-order valence-corrected chi connectivity index (χ3v) is 5.89. The molecular weight excluding hydrogens is 294 g/mol. The van der Waals surface area contributed by atoms with E-state index in [4.69, 9.17) is 5.73 Å². The first-order valence-electron chi connectivity index (χ1n) is 6.79. The number of hydrogen-bond acceptors (Lipinski definition) is 5. The van der Waals surface area contributed by atoms with Crippen molar-refractivity contribution in [3.05, 3.63) is 28.3 Å². The van der Waals surface area contributed by atoms with Crippen molar-refractivity contribution in [1.29, 1.82) is 0 Å². The van der Waals surface area contributed by atoms with Crippen molar-refractivity contribution in [3.63, 3.8) is 0 Å². The first kappa shape index (κ1) is 15.7. The maximum atomic E-state index is 12.7.